The minimum absolute atomic E-state index is 0.0544. The Morgan fingerprint density at radius 3 is 2.66 bits per heavy atom. The second-order valence-electron chi connectivity index (χ2n) is 6.31. The number of ether oxygens (including phenoxy) is 2. The van der Waals surface area contributed by atoms with Gasteiger partial charge < -0.3 is 19.2 Å². The molecule has 1 aliphatic heterocycles. The molecule has 1 amide bonds. The van der Waals surface area contributed by atoms with Gasteiger partial charge in [0.2, 0.25) is 0 Å². The third-order valence-corrected chi connectivity index (χ3v) is 6.51. The third-order valence-electron chi connectivity index (χ3n) is 4.45. The third kappa shape index (κ3) is 3.95. The van der Waals surface area contributed by atoms with Crippen LogP contribution in [0.4, 0.5) is 0 Å². The molecule has 2 aromatic heterocycles. The summed E-state index contributed by atoms with van der Waals surface area (Å²) >= 11 is 0. The van der Waals surface area contributed by atoms with Crippen molar-refractivity contribution in [1.29, 1.82) is 0 Å². The minimum atomic E-state index is -3.90. The van der Waals surface area contributed by atoms with E-state index in [2.05, 4.69) is 10.3 Å². The van der Waals surface area contributed by atoms with Gasteiger partial charge in [-0.3, -0.25) is 9.78 Å². The monoisotopic (exact) mass is 414 g/mol. The van der Waals surface area contributed by atoms with Crippen molar-refractivity contribution in [1.82, 2.24) is 10.3 Å². The standard InChI is InChI=1S/C20H18N2O6S/c23-20(14-3-1-7-21-12-14)22-13-19(17-4-2-8-26-17)29(24,25)15-5-6-16-18(11-15)28-10-9-27-16/h1-8,11-12,19H,9-10,13H2,(H,22,23)/t19-/m0/s1. The molecule has 0 unspecified atom stereocenters. The summed E-state index contributed by atoms with van der Waals surface area (Å²) < 4.78 is 43.0. The first-order valence-corrected chi connectivity index (χ1v) is 10.5. The van der Waals surface area contributed by atoms with Crippen molar-refractivity contribution in [2.45, 2.75) is 10.1 Å². The van der Waals surface area contributed by atoms with E-state index in [0.29, 0.717) is 30.3 Å². The molecular formula is C20H18N2O6S. The highest BCUT2D eigenvalue weighted by Crippen LogP contribution is 2.36. The topological polar surface area (TPSA) is 108 Å². The van der Waals surface area contributed by atoms with Crippen LogP contribution in [-0.4, -0.2) is 39.1 Å². The molecule has 0 fully saturated rings. The Morgan fingerprint density at radius 1 is 1.10 bits per heavy atom. The second kappa shape index (κ2) is 7.96. The quantitative estimate of drug-likeness (QED) is 0.660. The lowest BCUT2D eigenvalue weighted by Gasteiger charge is -2.21. The minimum Gasteiger partial charge on any atom is -0.486 e. The number of carbonyl (C=O) groups is 1. The van der Waals surface area contributed by atoms with Gasteiger partial charge in [0, 0.05) is 25.0 Å². The number of benzene rings is 1. The van der Waals surface area contributed by atoms with E-state index in [4.69, 9.17) is 13.9 Å². The van der Waals surface area contributed by atoms with Crippen LogP contribution >= 0.6 is 0 Å². The predicted octanol–water partition coefficient (Wildman–Crippen LogP) is 2.39. The summed E-state index contributed by atoms with van der Waals surface area (Å²) in [7, 11) is -3.90. The van der Waals surface area contributed by atoms with Crippen molar-refractivity contribution < 1.29 is 27.1 Å². The Bertz CT molecular complexity index is 1100. The van der Waals surface area contributed by atoms with Crippen molar-refractivity contribution in [2.24, 2.45) is 0 Å². The molecule has 0 aliphatic carbocycles. The van der Waals surface area contributed by atoms with Gasteiger partial charge in [-0.25, -0.2) is 8.42 Å². The van der Waals surface area contributed by atoms with Gasteiger partial charge in [0.1, 0.15) is 24.2 Å². The van der Waals surface area contributed by atoms with Gasteiger partial charge in [-0.05, 0) is 36.4 Å². The Balaban J connectivity index is 1.62. The van der Waals surface area contributed by atoms with Gasteiger partial charge in [0.15, 0.2) is 21.3 Å². The van der Waals surface area contributed by atoms with Crippen molar-refractivity contribution in [3.63, 3.8) is 0 Å². The van der Waals surface area contributed by atoms with E-state index < -0.39 is 21.0 Å². The molecule has 0 spiro atoms. The number of nitrogens with zero attached hydrogens (tertiary/aromatic N) is 1. The number of aromatic nitrogens is 1. The summed E-state index contributed by atoms with van der Waals surface area (Å²) in [5, 5.41) is 1.54. The van der Waals surface area contributed by atoms with Gasteiger partial charge in [0.05, 0.1) is 16.7 Å². The van der Waals surface area contributed by atoms with E-state index >= 15 is 0 Å². The summed E-state index contributed by atoms with van der Waals surface area (Å²) in [6, 6.07) is 10.9. The van der Waals surface area contributed by atoms with E-state index in [1.165, 1.54) is 24.6 Å². The fourth-order valence-corrected chi connectivity index (χ4v) is 4.59. The van der Waals surface area contributed by atoms with Gasteiger partial charge in [-0.2, -0.15) is 0 Å². The molecule has 0 saturated heterocycles. The van der Waals surface area contributed by atoms with Crippen LogP contribution in [0.25, 0.3) is 0 Å². The van der Waals surface area contributed by atoms with Gasteiger partial charge in [-0.1, -0.05) is 0 Å². The zero-order chi connectivity index (χ0) is 20.3. The SMILES string of the molecule is O=C(NC[C@@H](c1ccco1)S(=O)(=O)c1ccc2c(c1)OCCO2)c1cccnc1. The van der Waals surface area contributed by atoms with E-state index in [1.807, 2.05) is 0 Å². The van der Waals surface area contributed by atoms with Crippen LogP contribution in [0.15, 0.2) is 70.4 Å². The number of rotatable bonds is 6. The number of furan rings is 1. The first-order chi connectivity index (χ1) is 14.1. The highest BCUT2D eigenvalue weighted by molar-refractivity contribution is 7.91. The second-order valence-corrected chi connectivity index (χ2v) is 8.44. The largest absolute Gasteiger partial charge is 0.486 e. The normalized spacial score (nSPS) is 14.2. The van der Waals surface area contributed by atoms with Crippen LogP contribution in [0.3, 0.4) is 0 Å². The van der Waals surface area contributed by atoms with Crippen LogP contribution in [0.5, 0.6) is 11.5 Å². The van der Waals surface area contributed by atoms with Gasteiger partial charge in [-0.15, -0.1) is 0 Å². The molecule has 0 saturated carbocycles. The number of amides is 1. The lowest BCUT2D eigenvalue weighted by atomic mass is 10.2. The molecule has 3 aromatic rings. The molecule has 1 atom stereocenters. The van der Waals surface area contributed by atoms with Gasteiger partial charge in [0.25, 0.3) is 5.91 Å². The number of fused-ring (bicyclic) bond motifs is 1. The smallest absolute Gasteiger partial charge is 0.252 e. The lowest BCUT2D eigenvalue weighted by molar-refractivity contribution is 0.0953. The molecule has 29 heavy (non-hydrogen) atoms. The average molecular weight is 414 g/mol. The number of hydrogen-bond donors (Lipinski definition) is 1. The molecule has 3 heterocycles. The first-order valence-electron chi connectivity index (χ1n) is 8.91. The van der Waals surface area contributed by atoms with Crippen LogP contribution in [0.2, 0.25) is 0 Å². The van der Waals surface area contributed by atoms with Crippen molar-refractivity contribution in [2.75, 3.05) is 19.8 Å². The summed E-state index contributed by atoms with van der Waals surface area (Å²) in [6.07, 6.45) is 4.35. The number of hydrogen-bond acceptors (Lipinski definition) is 7. The maximum absolute atomic E-state index is 13.3. The Kier molecular flexibility index (Phi) is 5.22. The van der Waals surface area contributed by atoms with Crippen LogP contribution < -0.4 is 14.8 Å². The van der Waals surface area contributed by atoms with E-state index in [9.17, 15) is 13.2 Å². The van der Waals surface area contributed by atoms with E-state index in [-0.39, 0.29) is 17.2 Å². The highest BCUT2D eigenvalue weighted by atomic mass is 32.2. The summed E-state index contributed by atoms with van der Waals surface area (Å²) in [5.74, 6) is 0.669. The summed E-state index contributed by atoms with van der Waals surface area (Å²) in [5.41, 5.74) is 0.336. The summed E-state index contributed by atoms with van der Waals surface area (Å²) in [6.45, 7) is 0.589. The predicted molar refractivity (Wildman–Crippen MR) is 103 cm³/mol. The van der Waals surface area contributed by atoms with E-state index in [1.54, 1.807) is 36.5 Å². The first kappa shape index (κ1) is 19.0. The molecular weight excluding hydrogens is 396 g/mol. The lowest BCUT2D eigenvalue weighted by Crippen LogP contribution is -2.32. The molecule has 4 rings (SSSR count). The maximum atomic E-state index is 13.3. The van der Waals surface area contributed by atoms with Crippen molar-refractivity contribution >= 4 is 15.7 Å². The van der Waals surface area contributed by atoms with Crippen LogP contribution in [-0.2, 0) is 9.84 Å². The summed E-state index contributed by atoms with van der Waals surface area (Å²) in [4.78, 5) is 16.3. The maximum Gasteiger partial charge on any atom is 0.252 e. The number of carbonyl (C=O) groups excluding carboxylic acids is 1. The molecule has 1 N–H and O–H groups in total. The Hall–Kier alpha value is -3.33. The number of nitrogens with one attached hydrogen (secondary N) is 1. The molecule has 150 valence electrons. The Labute approximate surface area is 167 Å². The molecule has 0 radical (unpaired) electrons. The molecule has 8 nitrogen and oxygen atoms in total. The zero-order valence-corrected chi connectivity index (χ0v) is 16.1. The number of sulfone groups is 1. The highest BCUT2D eigenvalue weighted by Gasteiger charge is 2.33. The zero-order valence-electron chi connectivity index (χ0n) is 15.3. The molecule has 1 aromatic carbocycles. The molecule has 9 heteroatoms. The van der Waals surface area contributed by atoms with Crippen molar-refractivity contribution in [3.8, 4) is 11.5 Å². The van der Waals surface area contributed by atoms with Crippen LogP contribution in [0.1, 0.15) is 21.4 Å². The van der Waals surface area contributed by atoms with Crippen LogP contribution in [0, 0.1) is 0 Å². The van der Waals surface area contributed by atoms with Crippen molar-refractivity contribution in [3.05, 3.63) is 72.4 Å². The number of pyridine rings is 1. The molecule has 0 bridgehead atoms. The average Bonchev–Trinajstić information content (AvgIpc) is 3.28. The Morgan fingerprint density at radius 2 is 1.93 bits per heavy atom. The van der Waals surface area contributed by atoms with Gasteiger partial charge >= 0.3 is 0 Å². The van der Waals surface area contributed by atoms with E-state index in [0.717, 1.165) is 0 Å². The molecule has 1 aliphatic rings. The fraction of sp³-hybridized carbons (Fsp3) is 0.200. The fourth-order valence-electron chi connectivity index (χ4n) is 2.99.